The summed E-state index contributed by atoms with van der Waals surface area (Å²) in [7, 11) is 1.93. The molecule has 0 aliphatic carbocycles. The summed E-state index contributed by atoms with van der Waals surface area (Å²) in [5, 5.41) is 8.66. The molecule has 0 saturated heterocycles. The molecule has 0 fully saturated rings. The van der Waals surface area contributed by atoms with E-state index in [2.05, 4.69) is 22.3 Å². The summed E-state index contributed by atoms with van der Waals surface area (Å²) in [6, 6.07) is 2.02. The van der Waals surface area contributed by atoms with E-state index >= 15 is 0 Å². The van der Waals surface area contributed by atoms with Crippen molar-refractivity contribution in [1.29, 1.82) is 0 Å². The largest absolute Gasteiger partial charge is 0.359 e. The maximum Gasteiger partial charge on any atom is 0.156 e. The first-order chi connectivity index (χ1) is 7.24. The molecule has 0 bridgehead atoms. The topological polar surface area (TPSA) is 42.2 Å². The van der Waals surface area contributed by atoms with Crippen molar-refractivity contribution in [2.45, 2.75) is 13.5 Å². The van der Waals surface area contributed by atoms with Gasteiger partial charge < -0.3 is 5.32 Å². The van der Waals surface area contributed by atoms with Crippen molar-refractivity contribution in [1.82, 2.24) is 15.1 Å². The van der Waals surface area contributed by atoms with Crippen LogP contribution in [0.1, 0.15) is 12.6 Å². The summed E-state index contributed by atoms with van der Waals surface area (Å²) >= 11 is 1.80. The van der Waals surface area contributed by atoms with Crippen LogP contribution < -0.4 is 5.32 Å². The number of amidine groups is 1. The molecule has 0 radical (unpaired) electrons. The number of nitrogens with one attached hydrogen (secondary N) is 1. The van der Waals surface area contributed by atoms with Gasteiger partial charge in [-0.25, -0.2) is 0 Å². The van der Waals surface area contributed by atoms with Crippen molar-refractivity contribution in [3.63, 3.8) is 0 Å². The molecule has 5 heteroatoms. The standard InChI is InChI=1S/C10H16N4S/c1-8-5-11-10(15-7-8)12-6-9-3-4-14(2)13-9/h3-4,8H,5-7H2,1-2H3,(H,11,12). The molecule has 2 heterocycles. The number of aryl methyl sites for hydroxylation is 1. The highest BCUT2D eigenvalue weighted by atomic mass is 32.2. The van der Waals surface area contributed by atoms with Crippen molar-refractivity contribution in [3.8, 4) is 0 Å². The molecule has 1 N–H and O–H groups in total. The van der Waals surface area contributed by atoms with Crippen molar-refractivity contribution >= 4 is 16.9 Å². The fraction of sp³-hybridized carbons (Fsp3) is 0.600. The predicted molar refractivity (Wildman–Crippen MR) is 64.0 cm³/mol. The van der Waals surface area contributed by atoms with Gasteiger partial charge in [0.25, 0.3) is 0 Å². The average Bonchev–Trinajstić information content (AvgIpc) is 2.64. The lowest BCUT2D eigenvalue weighted by Gasteiger charge is -2.17. The number of aliphatic imine (C=N–C) groups is 1. The van der Waals surface area contributed by atoms with Gasteiger partial charge in [0.1, 0.15) is 0 Å². The van der Waals surface area contributed by atoms with E-state index < -0.39 is 0 Å². The van der Waals surface area contributed by atoms with Gasteiger partial charge in [-0.05, 0) is 12.0 Å². The molecule has 0 aromatic carbocycles. The van der Waals surface area contributed by atoms with E-state index in [1.807, 2.05) is 24.0 Å². The first-order valence-electron chi connectivity index (χ1n) is 5.13. The lowest BCUT2D eigenvalue weighted by Crippen LogP contribution is -2.25. The normalized spacial score (nSPS) is 21.2. The second-order valence-corrected chi connectivity index (χ2v) is 4.91. The zero-order valence-electron chi connectivity index (χ0n) is 9.10. The van der Waals surface area contributed by atoms with Crippen LogP contribution in [-0.2, 0) is 13.6 Å². The van der Waals surface area contributed by atoms with Crippen molar-refractivity contribution < 1.29 is 0 Å². The Bertz CT molecular complexity index is 358. The summed E-state index contributed by atoms with van der Waals surface area (Å²) in [6.07, 6.45) is 1.95. The van der Waals surface area contributed by atoms with Crippen LogP contribution in [0.2, 0.25) is 0 Å². The summed E-state index contributed by atoms with van der Waals surface area (Å²) in [6.45, 7) is 3.94. The van der Waals surface area contributed by atoms with Gasteiger partial charge in [0.05, 0.1) is 12.2 Å². The first kappa shape index (κ1) is 10.5. The Morgan fingerprint density at radius 1 is 1.67 bits per heavy atom. The zero-order chi connectivity index (χ0) is 10.7. The highest BCUT2D eigenvalue weighted by molar-refractivity contribution is 8.13. The number of thioether (sulfide) groups is 1. The van der Waals surface area contributed by atoms with Gasteiger partial charge in [-0.1, -0.05) is 18.7 Å². The van der Waals surface area contributed by atoms with E-state index in [1.165, 1.54) is 0 Å². The summed E-state index contributed by atoms with van der Waals surface area (Å²) < 4.78 is 1.81. The molecule has 1 aliphatic rings. The minimum atomic E-state index is 0.704. The van der Waals surface area contributed by atoms with Crippen LogP contribution in [0, 0.1) is 5.92 Å². The lowest BCUT2D eigenvalue weighted by atomic mass is 10.2. The van der Waals surface area contributed by atoms with Gasteiger partial charge in [-0.2, -0.15) is 5.10 Å². The Kier molecular flexibility index (Phi) is 3.30. The SMILES string of the molecule is CC1CN=C(NCc2ccn(C)n2)SC1. The van der Waals surface area contributed by atoms with Gasteiger partial charge in [0.2, 0.25) is 0 Å². The molecule has 82 valence electrons. The summed E-state index contributed by atoms with van der Waals surface area (Å²) in [4.78, 5) is 4.47. The molecule has 0 spiro atoms. The Hall–Kier alpha value is -0.970. The van der Waals surface area contributed by atoms with Gasteiger partial charge in [0, 0.05) is 25.5 Å². The Balaban J connectivity index is 1.83. The minimum absolute atomic E-state index is 0.704. The third-order valence-corrected chi connectivity index (χ3v) is 3.52. The fourth-order valence-corrected chi connectivity index (χ4v) is 2.28. The van der Waals surface area contributed by atoms with E-state index in [0.29, 0.717) is 5.92 Å². The van der Waals surface area contributed by atoms with E-state index in [4.69, 9.17) is 0 Å². The molecule has 1 aromatic heterocycles. The number of aromatic nitrogens is 2. The average molecular weight is 224 g/mol. The van der Waals surface area contributed by atoms with Crippen molar-refractivity contribution in [3.05, 3.63) is 18.0 Å². The third kappa shape index (κ3) is 2.99. The smallest absolute Gasteiger partial charge is 0.156 e. The molecular weight excluding hydrogens is 208 g/mol. The minimum Gasteiger partial charge on any atom is -0.359 e. The molecule has 0 saturated carbocycles. The number of rotatable bonds is 2. The van der Waals surface area contributed by atoms with Gasteiger partial charge in [-0.3, -0.25) is 9.67 Å². The Morgan fingerprint density at radius 3 is 3.13 bits per heavy atom. The van der Waals surface area contributed by atoms with Crippen LogP contribution in [0.25, 0.3) is 0 Å². The monoisotopic (exact) mass is 224 g/mol. The molecule has 2 rings (SSSR count). The van der Waals surface area contributed by atoms with Crippen LogP contribution in [0.15, 0.2) is 17.3 Å². The van der Waals surface area contributed by atoms with E-state index in [0.717, 1.165) is 29.7 Å². The molecule has 1 atom stereocenters. The van der Waals surface area contributed by atoms with Gasteiger partial charge in [0.15, 0.2) is 5.17 Å². The van der Waals surface area contributed by atoms with Crippen LogP contribution in [0.3, 0.4) is 0 Å². The Labute approximate surface area is 94.2 Å². The maximum atomic E-state index is 4.47. The number of hydrogen-bond acceptors (Lipinski definition) is 4. The Morgan fingerprint density at radius 2 is 2.53 bits per heavy atom. The molecule has 0 amide bonds. The van der Waals surface area contributed by atoms with E-state index in [1.54, 1.807) is 11.8 Å². The molecule has 1 aliphatic heterocycles. The van der Waals surface area contributed by atoms with Gasteiger partial charge in [-0.15, -0.1) is 0 Å². The van der Waals surface area contributed by atoms with E-state index in [9.17, 15) is 0 Å². The van der Waals surface area contributed by atoms with Crippen LogP contribution in [-0.4, -0.2) is 27.2 Å². The highest BCUT2D eigenvalue weighted by Gasteiger charge is 2.11. The summed E-state index contributed by atoms with van der Waals surface area (Å²) in [5.41, 5.74) is 1.06. The highest BCUT2D eigenvalue weighted by Crippen LogP contribution is 2.15. The maximum absolute atomic E-state index is 4.47. The molecular formula is C10H16N4S. The molecule has 4 nitrogen and oxygen atoms in total. The van der Waals surface area contributed by atoms with E-state index in [-0.39, 0.29) is 0 Å². The predicted octanol–water partition coefficient (Wildman–Crippen LogP) is 1.25. The second-order valence-electron chi connectivity index (χ2n) is 3.90. The van der Waals surface area contributed by atoms with Gasteiger partial charge >= 0.3 is 0 Å². The quantitative estimate of drug-likeness (QED) is 0.822. The number of nitrogens with zero attached hydrogens (tertiary/aromatic N) is 3. The molecule has 1 unspecified atom stereocenters. The fourth-order valence-electron chi connectivity index (χ4n) is 1.39. The lowest BCUT2D eigenvalue weighted by molar-refractivity contribution is 0.667. The molecule has 1 aromatic rings. The van der Waals surface area contributed by atoms with Crippen LogP contribution in [0.5, 0.6) is 0 Å². The second kappa shape index (κ2) is 4.70. The van der Waals surface area contributed by atoms with Crippen molar-refractivity contribution in [2.24, 2.45) is 18.0 Å². The third-order valence-electron chi connectivity index (χ3n) is 2.24. The first-order valence-corrected chi connectivity index (χ1v) is 6.12. The zero-order valence-corrected chi connectivity index (χ0v) is 9.92. The van der Waals surface area contributed by atoms with Crippen molar-refractivity contribution in [2.75, 3.05) is 12.3 Å². The number of hydrogen-bond donors (Lipinski definition) is 1. The summed E-state index contributed by atoms with van der Waals surface area (Å²) in [5.74, 6) is 1.86. The van der Waals surface area contributed by atoms with Crippen LogP contribution in [0.4, 0.5) is 0 Å². The van der Waals surface area contributed by atoms with Crippen LogP contribution >= 0.6 is 11.8 Å². The molecule has 15 heavy (non-hydrogen) atoms.